The zero-order chi connectivity index (χ0) is 15.1. The number of hydrogen-bond donors (Lipinski definition) is 0. The van der Waals surface area contributed by atoms with E-state index in [0.29, 0.717) is 13.1 Å². The van der Waals surface area contributed by atoms with Gasteiger partial charge in [0.25, 0.3) is 0 Å². The van der Waals surface area contributed by atoms with E-state index in [1.54, 1.807) is 18.7 Å². The van der Waals surface area contributed by atoms with Crippen molar-refractivity contribution in [3.05, 3.63) is 0 Å². The second-order valence-electron chi connectivity index (χ2n) is 5.39. The topological polar surface area (TPSA) is 40.6 Å². The molecule has 0 atom stereocenters. The van der Waals surface area contributed by atoms with Gasteiger partial charge in [0.1, 0.15) is 5.41 Å². The van der Waals surface area contributed by atoms with Gasteiger partial charge in [-0.3, -0.25) is 9.59 Å². The highest BCUT2D eigenvalue weighted by atomic mass is 16.2. The van der Waals surface area contributed by atoms with E-state index in [2.05, 4.69) is 13.8 Å². The Morgan fingerprint density at radius 1 is 0.789 bits per heavy atom. The fourth-order valence-electron chi connectivity index (χ4n) is 2.25. The van der Waals surface area contributed by atoms with E-state index in [0.717, 1.165) is 25.9 Å². The SMILES string of the molecule is CCCN(CCC)C(=O)C(C)(C)C(=O)N(CC)CC. The second-order valence-corrected chi connectivity index (χ2v) is 5.39. The van der Waals surface area contributed by atoms with Crippen molar-refractivity contribution < 1.29 is 9.59 Å². The van der Waals surface area contributed by atoms with Crippen LogP contribution in [0.4, 0.5) is 0 Å². The maximum absolute atomic E-state index is 12.6. The van der Waals surface area contributed by atoms with Gasteiger partial charge in [0.2, 0.25) is 11.8 Å². The van der Waals surface area contributed by atoms with Crippen LogP contribution in [0, 0.1) is 5.41 Å². The molecule has 0 fully saturated rings. The summed E-state index contributed by atoms with van der Waals surface area (Å²) in [6.07, 6.45) is 1.84. The van der Waals surface area contributed by atoms with Crippen LogP contribution in [-0.4, -0.2) is 47.8 Å². The van der Waals surface area contributed by atoms with E-state index in [-0.39, 0.29) is 11.8 Å². The maximum Gasteiger partial charge on any atom is 0.237 e. The van der Waals surface area contributed by atoms with Crippen molar-refractivity contribution in [1.29, 1.82) is 0 Å². The predicted molar refractivity (Wildman–Crippen MR) is 78.9 cm³/mol. The molecule has 19 heavy (non-hydrogen) atoms. The molecule has 112 valence electrons. The maximum atomic E-state index is 12.6. The lowest BCUT2D eigenvalue weighted by Gasteiger charge is -2.34. The first kappa shape index (κ1) is 17.9. The first-order valence-corrected chi connectivity index (χ1v) is 7.45. The number of nitrogens with zero attached hydrogens (tertiary/aromatic N) is 2. The van der Waals surface area contributed by atoms with Crippen LogP contribution in [0.3, 0.4) is 0 Å². The summed E-state index contributed by atoms with van der Waals surface area (Å²) in [5, 5.41) is 0. The normalized spacial score (nSPS) is 11.3. The summed E-state index contributed by atoms with van der Waals surface area (Å²) in [4.78, 5) is 28.6. The molecule has 0 rings (SSSR count). The summed E-state index contributed by atoms with van der Waals surface area (Å²) in [6.45, 7) is 14.2. The van der Waals surface area contributed by atoms with E-state index in [4.69, 9.17) is 0 Å². The van der Waals surface area contributed by atoms with E-state index in [1.165, 1.54) is 0 Å². The number of carbonyl (C=O) groups excluding carboxylic acids is 2. The minimum absolute atomic E-state index is 0.0481. The van der Waals surface area contributed by atoms with E-state index < -0.39 is 5.41 Å². The zero-order valence-electron chi connectivity index (χ0n) is 13.5. The Labute approximate surface area is 118 Å². The summed E-state index contributed by atoms with van der Waals surface area (Å²) in [5.41, 5.74) is -0.962. The molecule has 4 heteroatoms. The zero-order valence-corrected chi connectivity index (χ0v) is 13.5. The van der Waals surface area contributed by atoms with Crippen molar-refractivity contribution in [3.63, 3.8) is 0 Å². The van der Waals surface area contributed by atoms with Crippen LogP contribution < -0.4 is 0 Å². The molecule has 0 heterocycles. The van der Waals surface area contributed by atoms with Gasteiger partial charge in [-0.05, 0) is 40.5 Å². The molecule has 4 nitrogen and oxygen atoms in total. The minimum Gasteiger partial charge on any atom is -0.342 e. The molecule has 0 unspecified atom stereocenters. The fraction of sp³-hybridized carbons (Fsp3) is 0.867. The average Bonchev–Trinajstić information content (AvgIpc) is 2.38. The number of amides is 2. The van der Waals surface area contributed by atoms with Gasteiger partial charge < -0.3 is 9.80 Å². The molecule has 2 amide bonds. The van der Waals surface area contributed by atoms with Crippen LogP contribution in [0.1, 0.15) is 54.4 Å². The summed E-state index contributed by atoms with van der Waals surface area (Å²) < 4.78 is 0. The van der Waals surface area contributed by atoms with Crippen molar-refractivity contribution in [3.8, 4) is 0 Å². The summed E-state index contributed by atoms with van der Waals surface area (Å²) >= 11 is 0. The van der Waals surface area contributed by atoms with Crippen LogP contribution in [0.25, 0.3) is 0 Å². The van der Waals surface area contributed by atoms with Crippen LogP contribution in [0.15, 0.2) is 0 Å². The molecular weight excluding hydrogens is 240 g/mol. The Balaban J connectivity index is 5.04. The van der Waals surface area contributed by atoms with Crippen LogP contribution >= 0.6 is 0 Å². The van der Waals surface area contributed by atoms with Crippen LogP contribution in [0.5, 0.6) is 0 Å². The highest BCUT2D eigenvalue weighted by Crippen LogP contribution is 2.23. The minimum atomic E-state index is -0.962. The molecule has 0 aromatic carbocycles. The third kappa shape index (κ3) is 4.51. The van der Waals surface area contributed by atoms with Gasteiger partial charge >= 0.3 is 0 Å². The molecule has 0 aliphatic heterocycles. The highest BCUT2D eigenvalue weighted by Gasteiger charge is 2.40. The summed E-state index contributed by atoms with van der Waals surface area (Å²) in [6, 6.07) is 0. The molecule has 0 bridgehead atoms. The lowest BCUT2D eigenvalue weighted by molar-refractivity contribution is -0.154. The third-order valence-electron chi connectivity index (χ3n) is 3.39. The monoisotopic (exact) mass is 270 g/mol. The second kappa shape index (κ2) is 8.18. The van der Waals surface area contributed by atoms with Gasteiger partial charge in [0.05, 0.1) is 0 Å². The molecule has 0 spiro atoms. The van der Waals surface area contributed by atoms with Crippen molar-refractivity contribution >= 4 is 11.8 Å². The molecule has 0 saturated carbocycles. The van der Waals surface area contributed by atoms with Gasteiger partial charge in [-0.15, -0.1) is 0 Å². The lowest BCUT2D eigenvalue weighted by Crippen LogP contribution is -2.51. The molecule has 0 N–H and O–H groups in total. The largest absolute Gasteiger partial charge is 0.342 e. The Hall–Kier alpha value is -1.06. The summed E-state index contributed by atoms with van der Waals surface area (Å²) in [5.74, 6) is -0.118. The van der Waals surface area contributed by atoms with Crippen LogP contribution in [0.2, 0.25) is 0 Å². The molecule has 0 saturated heterocycles. The van der Waals surface area contributed by atoms with Gasteiger partial charge in [0, 0.05) is 26.2 Å². The third-order valence-corrected chi connectivity index (χ3v) is 3.39. The summed E-state index contributed by atoms with van der Waals surface area (Å²) in [7, 11) is 0. The van der Waals surface area contributed by atoms with Crippen LogP contribution in [-0.2, 0) is 9.59 Å². The smallest absolute Gasteiger partial charge is 0.237 e. The predicted octanol–water partition coefficient (Wildman–Crippen LogP) is 2.53. The first-order valence-electron chi connectivity index (χ1n) is 7.45. The van der Waals surface area contributed by atoms with Gasteiger partial charge in [0.15, 0.2) is 0 Å². The molecule has 0 aromatic rings. The molecule has 0 aromatic heterocycles. The van der Waals surface area contributed by atoms with Gasteiger partial charge in [-0.25, -0.2) is 0 Å². The Morgan fingerprint density at radius 2 is 1.16 bits per heavy atom. The molecule has 0 radical (unpaired) electrons. The van der Waals surface area contributed by atoms with E-state index >= 15 is 0 Å². The van der Waals surface area contributed by atoms with Gasteiger partial charge in [-0.2, -0.15) is 0 Å². The number of rotatable bonds is 8. The standard InChI is InChI=1S/C15H30N2O2/c1-7-11-17(12-8-2)14(19)15(5,6)13(18)16(9-3)10-4/h7-12H2,1-6H3. The van der Waals surface area contributed by atoms with Crippen molar-refractivity contribution in [2.45, 2.75) is 54.4 Å². The lowest BCUT2D eigenvalue weighted by atomic mass is 9.89. The Bertz CT molecular complexity index is 291. The van der Waals surface area contributed by atoms with Crippen molar-refractivity contribution in [2.24, 2.45) is 5.41 Å². The van der Waals surface area contributed by atoms with E-state index in [9.17, 15) is 9.59 Å². The Morgan fingerprint density at radius 3 is 1.47 bits per heavy atom. The average molecular weight is 270 g/mol. The Kier molecular flexibility index (Phi) is 7.72. The molecule has 0 aliphatic carbocycles. The van der Waals surface area contributed by atoms with Gasteiger partial charge in [-0.1, -0.05) is 13.8 Å². The fourth-order valence-corrected chi connectivity index (χ4v) is 2.25. The number of hydrogen-bond acceptors (Lipinski definition) is 2. The highest BCUT2D eigenvalue weighted by molar-refractivity contribution is 6.04. The van der Waals surface area contributed by atoms with Crippen molar-refractivity contribution in [1.82, 2.24) is 9.80 Å². The van der Waals surface area contributed by atoms with Crippen molar-refractivity contribution in [2.75, 3.05) is 26.2 Å². The number of carbonyl (C=O) groups is 2. The first-order chi connectivity index (χ1) is 8.86. The quantitative estimate of drug-likeness (QED) is 0.636. The molecular formula is C15H30N2O2. The van der Waals surface area contributed by atoms with E-state index in [1.807, 2.05) is 18.7 Å². The molecule has 0 aliphatic rings.